The number of fused-ring (bicyclic) bond motifs is 1. The fourth-order valence-electron chi connectivity index (χ4n) is 3.49. The number of imidazole rings is 1. The molecule has 8 heteroatoms. The van der Waals surface area contributed by atoms with Crippen LogP contribution in [0.4, 0.5) is 4.79 Å². The molecule has 0 radical (unpaired) electrons. The molecule has 3 atom stereocenters. The van der Waals surface area contributed by atoms with Gasteiger partial charge in [0, 0.05) is 24.5 Å². The molecule has 3 heterocycles. The first-order chi connectivity index (χ1) is 11.3. The van der Waals surface area contributed by atoms with E-state index in [0.29, 0.717) is 5.69 Å². The zero-order valence-electron chi connectivity index (χ0n) is 13.5. The van der Waals surface area contributed by atoms with E-state index in [1.165, 1.54) is 0 Å². The van der Waals surface area contributed by atoms with Gasteiger partial charge in [-0.15, -0.1) is 0 Å². The summed E-state index contributed by atoms with van der Waals surface area (Å²) < 4.78 is 1.66. The van der Waals surface area contributed by atoms with Gasteiger partial charge in [0.25, 0.3) is 0 Å². The first-order valence-corrected chi connectivity index (χ1v) is 8.00. The molecule has 24 heavy (non-hydrogen) atoms. The van der Waals surface area contributed by atoms with Crippen molar-refractivity contribution < 1.29 is 14.7 Å². The Morgan fingerprint density at radius 2 is 2.17 bits per heavy atom. The van der Waals surface area contributed by atoms with Crippen LogP contribution in [-0.2, 0) is 4.79 Å². The lowest BCUT2D eigenvalue weighted by Gasteiger charge is -2.22. The van der Waals surface area contributed by atoms with Gasteiger partial charge in [0.05, 0.1) is 17.2 Å². The Labute approximate surface area is 138 Å². The molecule has 1 saturated carbocycles. The van der Waals surface area contributed by atoms with Gasteiger partial charge in [-0.2, -0.15) is 5.10 Å². The third kappa shape index (κ3) is 2.43. The van der Waals surface area contributed by atoms with E-state index in [0.717, 1.165) is 17.6 Å². The molecule has 1 saturated heterocycles. The molecule has 1 unspecified atom stereocenters. The third-order valence-electron chi connectivity index (χ3n) is 4.88. The van der Waals surface area contributed by atoms with E-state index < -0.39 is 17.6 Å². The van der Waals surface area contributed by atoms with Gasteiger partial charge in [-0.05, 0) is 38.2 Å². The average molecular weight is 329 g/mol. The fraction of sp³-hybridized carbons (Fsp3) is 0.500. The molecule has 2 aromatic rings. The molecule has 2 aromatic heterocycles. The van der Waals surface area contributed by atoms with Gasteiger partial charge >= 0.3 is 6.03 Å². The van der Waals surface area contributed by atoms with E-state index in [2.05, 4.69) is 20.7 Å². The van der Waals surface area contributed by atoms with Gasteiger partial charge < -0.3 is 10.4 Å². The Morgan fingerprint density at radius 3 is 2.83 bits per heavy atom. The normalized spacial score (nSPS) is 27.0. The van der Waals surface area contributed by atoms with Crippen molar-refractivity contribution in [1.82, 2.24) is 25.2 Å². The maximum atomic E-state index is 12.1. The lowest BCUT2D eigenvalue weighted by atomic mass is 9.96. The number of hydrogen-bond acceptors (Lipinski definition) is 5. The van der Waals surface area contributed by atoms with Crippen molar-refractivity contribution in [2.45, 2.75) is 37.7 Å². The molecule has 0 bridgehead atoms. The number of carbonyl (C=O) groups is 2. The Hall–Kier alpha value is -2.48. The summed E-state index contributed by atoms with van der Waals surface area (Å²) in [5, 5.41) is 19.6. The molecular formula is C16H19N5O3. The van der Waals surface area contributed by atoms with Gasteiger partial charge in [-0.25, -0.2) is 14.3 Å². The van der Waals surface area contributed by atoms with E-state index in [1.807, 2.05) is 19.9 Å². The van der Waals surface area contributed by atoms with Gasteiger partial charge in [-0.1, -0.05) is 0 Å². The zero-order chi connectivity index (χ0) is 17.1. The first-order valence-electron chi connectivity index (χ1n) is 8.00. The van der Waals surface area contributed by atoms with Crippen LogP contribution in [0.5, 0.6) is 0 Å². The Balaban J connectivity index is 1.74. The standard InChI is InChI=1S/C16H19N5O3/c1-16(2,24)11-5-8(11)9-6-12(20-21-4-3-17-13(9)21)10-7-18-15(23)19-14(10)22/h3-4,6,8,10-11,24H,5,7H2,1-2H3,(H2,18,19,22,23)/t8-,10?,11+/m1/s1. The zero-order valence-corrected chi connectivity index (χ0v) is 13.5. The highest BCUT2D eigenvalue weighted by Crippen LogP contribution is 2.54. The smallest absolute Gasteiger partial charge is 0.321 e. The van der Waals surface area contributed by atoms with Crippen LogP contribution < -0.4 is 10.6 Å². The number of urea groups is 1. The van der Waals surface area contributed by atoms with Crippen molar-refractivity contribution in [2.75, 3.05) is 6.54 Å². The lowest BCUT2D eigenvalue weighted by Crippen LogP contribution is -2.51. The highest BCUT2D eigenvalue weighted by Gasteiger charge is 2.49. The summed E-state index contributed by atoms with van der Waals surface area (Å²) >= 11 is 0. The lowest BCUT2D eigenvalue weighted by molar-refractivity contribution is -0.122. The van der Waals surface area contributed by atoms with Gasteiger partial charge in [0.1, 0.15) is 0 Å². The minimum atomic E-state index is -0.756. The van der Waals surface area contributed by atoms with Gasteiger partial charge in [0.2, 0.25) is 5.91 Å². The maximum absolute atomic E-state index is 12.1. The molecule has 2 fully saturated rings. The summed E-state index contributed by atoms with van der Waals surface area (Å²) in [6.45, 7) is 3.84. The van der Waals surface area contributed by atoms with Crippen LogP contribution in [0.2, 0.25) is 0 Å². The van der Waals surface area contributed by atoms with Crippen LogP contribution in [0.25, 0.3) is 5.65 Å². The molecule has 8 nitrogen and oxygen atoms in total. The number of aromatic nitrogens is 3. The first kappa shape index (κ1) is 15.1. The molecule has 3 amide bonds. The molecule has 1 aliphatic heterocycles. The largest absolute Gasteiger partial charge is 0.390 e. The Kier molecular flexibility index (Phi) is 3.14. The number of rotatable bonds is 3. The summed E-state index contributed by atoms with van der Waals surface area (Å²) in [5.41, 5.74) is 1.57. The molecule has 2 aliphatic rings. The third-order valence-corrected chi connectivity index (χ3v) is 4.88. The number of nitrogens with zero attached hydrogens (tertiary/aromatic N) is 3. The molecule has 126 valence electrons. The highest BCUT2D eigenvalue weighted by atomic mass is 16.3. The maximum Gasteiger partial charge on any atom is 0.321 e. The van der Waals surface area contributed by atoms with Crippen LogP contribution in [0, 0.1) is 5.92 Å². The second kappa shape index (κ2) is 5.01. The molecule has 4 rings (SSSR count). The van der Waals surface area contributed by atoms with Crippen LogP contribution in [0.15, 0.2) is 18.5 Å². The Morgan fingerprint density at radius 1 is 1.38 bits per heavy atom. The van der Waals surface area contributed by atoms with E-state index in [9.17, 15) is 14.7 Å². The predicted molar refractivity (Wildman–Crippen MR) is 84.4 cm³/mol. The molecule has 1 aliphatic carbocycles. The predicted octanol–water partition coefficient (Wildman–Crippen LogP) is 0.527. The highest BCUT2D eigenvalue weighted by molar-refractivity contribution is 6.00. The Bertz CT molecular complexity index is 838. The fourth-order valence-corrected chi connectivity index (χ4v) is 3.49. The number of hydrogen-bond donors (Lipinski definition) is 3. The van der Waals surface area contributed by atoms with Crippen molar-refractivity contribution in [1.29, 1.82) is 0 Å². The van der Waals surface area contributed by atoms with E-state index in [4.69, 9.17) is 0 Å². The second-order valence-electron chi connectivity index (χ2n) is 7.07. The van der Waals surface area contributed by atoms with Crippen molar-refractivity contribution in [3.8, 4) is 0 Å². The molecular weight excluding hydrogens is 310 g/mol. The van der Waals surface area contributed by atoms with Crippen molar-refractivity contribution >= 4 is 17.6 Å². The summed E-state index contributed by atoms with van der Waals surface area (Å²) in [5.74, 6) is -0.537. The van der Waals surface area contributed by atoms with Crippen molar-refractivity contribution in [3.63, 3.8) is 0 Å². The summed E-state index contributed by atoms with van der Waals surface area (Å²) in [4.78, 5) is 27.7. The molecule has 0 aromatic carbocycles. The van der Waals surface area contributed by atoms with Gasteiger partial charge in [0.15, 0.2) is 5.65 Å². The number of aliphatic hydroxyl groups is 1. The van der Waals surface area contributed by atoms with E-state index in [1.54, 1.807) is 16.9 Å². The minimum Gasteiger partial charge on any atom is -0.390 e. The van der Waals surface area contributed by atoms with Crippen molar-refractivity contribution in [2.24, 2.45) is 5.92 Å². The average Bonchev–Trinajstić information content (AvgIpc) is 3.17. The topological polar surface area (TPSA) is 109 Å². The summed E-state index contributed by atoms with van der Waals surface area (Å²) in [6, 6.07) is 1.41. The molecule has 3 N–H and O–H groups in total. The van der Waals surface area contributed by atoms with E-state index >= 15 is 0 Å². The number of amides is 3. The number of imide groups is 1. The minimum absolute atomic E-state index is 0.160. The quantitative estimate of drug-likeness (QED) is 0.761. The second-order valence-corrected chi connectivity index (χ2v) is 7.07. The van der Waals surface area contributed by atoms with Crippen LogP contribution in [0.3, 0.4) is 0 Å². The summed E-state index contributed by atoms with van der Waals surface area (Å²) in [6.07, 6.45) is 4.28. The molecule has 0 spiro atoms. The van der Waals surface area contributed by atoms with Crippen LogP contribution in [-0.4, -0.2) is 43.8 Å². The monoisotopic (exact) mass is 329 g/mol. The summed E-state index contributed by atoms with van der Waals surface area (Å²) in [7, 11) is 0. The van der Waals surface area contributed by atoms with Crippen LogP contribution >= 0.6 is 0 Å². The van der Waals surface area contributed by atoms with Crippen LogP contribution in [0.1, 0.15) is 43.4 Å². The van der Waals surface area contributed by atoms with E-state index in [-0.39, 0.29) is 24.3 Å². The number of nitrogens with one attached hydrogen (secondary N) is 2. The number of carbonyl (C=O) groups excluding carboxylic acids is 2. The van der Waals surface area contributed by atoms with Crippen molar-refractivity contribution in [3.05, 3.63) is 29.7 Å². The SMILES string of the molecule is CC(C)(O)[C@H]1C[C@@H]1c1cc(C2CNC(=O)NC2=O)nn2ccnc12. The van der Waals surface area contributed by atoms with Gasteiger partial charge in [-0.3, -0.25) is 10.1 Å².